The average molecular weight is 478 g/mol. The van der Waals surface area contributed by atoms with Gasteiger partial charge in [-0.3, -0.25) is 9.59 Å². The van der Waals surface area contributed by atoms with Crippen LogP contribution in [0.5, 0.6) is 23.0 Å². The van der Waals surface area contributed by atoms with Gasteiger partial charge in [0.25, 0.3) is 0 Å². The van der Waals surface area contributed by atoms with Gasteiger partial charge < -0.3 is 24.3 Å². The second-order valence-corrected chi connectivity index (χ2v) is 7.63. The molecule has 3 rings (SSSR count). The smallest absolute Gasteiger partial charge is 0.220 e. The Bertz CT molecular complexity index is 1050. The lowest BCUT2D eigenvalue weighted by molar-refractivity contribution is -0.119. The second-order valence-electron chi connectivity index (χ2n) is 6.84. The van der Waals surface area contributed by atoms with Crippen LogP contribution in [0.3, 0.4) is 0 Å². The molecule has 7 nitrogen and oxygen atoms in total. The maximum Gasteiger partial charge on any atom is 0.220 e. The Morgan fingerprint density at radius 2 is 1.70 bits per heavy atom. The molecule has 1 aliphatic carbocycles. The van der Waals surface area contributed by atoms with E-state index in [0.717, 1.165) is 21.2 Å². The van der Waals surface area contributed by atoms with Gasteiger partial charge in [-0.25, -0.2) is 0 Å². The molecule has 2 aromatic carbocycles. The minimum Gasteiger partial charge on any atom is -0.493 e. The Hall–Kier alpha value is -2.74. The van der Waals surface area contributed by atoms with Gasteiger partial charge in [-0.05, 0) is 57.6 Å². The Labute approximate surface area is 183 Å². The number of carbonyl (C=O) groups is 1. The van der Waals surface area contributed by atoms with Gasteiger partial charge in [-0.2, -0.15) is 0 Å². The van der Waals surface area contributed by atoms with E-state index in [9.17, 15) is 9.59 Å². The van der Waals surface area contributed by atoms with Crippen LogP contribution in [0.4, 0.5) is 0 Å². The van der Waals surface area contributed by atoms with Gasteiger partial charge in [0, 0.05) is 12.5 Å². The van der Waals surface area contributed by atoms with E-state index >= 15 is 0 Å². The lowest BCUT2D eigenvalue weighted by atomic mass is 9.95. The van der Waals surface area contributed by atoms with Crippen LogP contribution in [-0.4, -0.2) is 34.3 Å². The highest BCUT2D eigenvalue weighted by atomic mass is 79.9. The number of rotatable bonds is 5. The zero-order valence-electron chi connectivity index (χ0n) is 17.6. The normalized spacial score (nSPS) is 14.7. The third-order valence-corrected chi connectivity index (χ3v) is 6.02. The molecule has 1 amide bonds. The first-order valence-corrected chi connectivity index (χ1v) is 10.2. The summed E-state index contributed by atoms with van der Waals surface area (Å²) in [5.41, 5.74) is 2.89. The number of hydrogen-bond acceptors (Lipinski definition) is 6. The number of hydrogen-bond donors (Lipinski definition) is 1. The average Bonchev–Trinajstić information content (AvgIpc) is 2.96. The minimum atomic E-state index is -0.358. The van der Waals surface area contributed by atoms with Crippen molar-refractivity contribution in [1.82, 2.24) is 5.32 Å². The molecule has 0 bridgehead atoms. The van der Waals surface area contributed by atoms with Crippen LogP contribution in [0.15, 0.2) is 27.5 Å². The molecule has 1 atom stereocenters. The molecule has 0 saturated heterocycles. The fraction of sp³-hybridized carbons (Fsp3) is 0.364. The summed E-state index contributed by atoms with van der Waals surface area (Å²) in [5, 5.41) is 2.97. The molecule has 0 unspecified atom stereocenters. The molecule has 0 aromatic heterocycles. The largest absolute Gasteiger partial charge is 0.493 e. The first-order valence-electron chi connectivity index (χ1n) is 9.37. The van der Waals surface area contributed by atoms with Crippen molar-refractivity contribution < 1.29 is 23.7 Å². The van der Waals surface area contributed by atoms with Gasteiger partial charge in [-0.15, -0.1) is 0 Å². The zero-order valence-corrected chi connectivity index (χ0v) is 19.1. The molecule has 30 heavy (non-hydrogen) atoms. The van der Waals surface area contributed by atoms with Crippen LogP contribution < -0.4 is 29.7 Å². The number of halogens is 1. The van der Waals surface area contributed by atoms with Crippen LogP contribution in [0.2, 0.25) is 0 Å². The summed E-state index contributed by atoms with van der Waals surface area (Å²) in [7, 11) is 6.12. The van der Waals surface area contributed by atoms with Crippen molar-refractivity contribution in [2.45, 2.75) is 25.8 Å². The Morgan fingerprint density at radius 1 is 1.03 bits per heavy atom. The minimum absolute atomic E-state index is 0.177. The van der Waals surface area contributed by atoms with E-state index in [4.69, 9.17) is 18.9 Å². The van der Waals surface area contributed by atoms with E-state index in [1.807, 2.05) is 6.07 Å². The number of ether oxygens (including phenoxy) is 4. The van der Waals surface area contributed by atoms with E-state index in [2.05, 4.69) is 21.2 Å². The molecule has 0 aliphatic heterocycles. The molecule has 2 aromatic rings. The summed E-state index contributed by atoms with van der Waals surface area (Å²) in [6, 6.07) is 4.61. The number of nitrogens with one attached hydrogen (secondary N) is 1. The molecule has 0 spiro atoms. The Morgan fingerprint density at radius 3 is 2.27 bits per heavy atom. The standard InChI is InChI=1S/C22H24BrNO6/c1-11(25)24-15-8-6-13-18(12-7-9-17(27-2)16(26)10-14(12)15)20(28-3)22(30-5)21(29-4)19(13)23/h7,9-10,15H,6,8H2,1-5H3,(H,24,25)/t15-/m1/s1. The van der Waals surface area contributed by atoms with E-state index < -0.39 is 0 Å². The number of amides is 1. The third kappa shape index (κ3) is 3.71. The summed E-state index contributed by atoms with van der Waals surface area (Å²) >= 11 is 3.66. The van der Waals surface area contributed by atoms with Crippen molar-refractivity contribution in [1.29, 1.82) is 0 Å². The molecule has 0 heterocycles. The molecular weight excluding hydrogens is 454 g/mol. The van der Waals surface area contributed by atoms with Gasteiger partial charge in [0.05, 0.1) is 39.0 Å². The molecule has 0 radical (unpaired) electrons. The Balaban J connectivity index is 2.47. The summed E-state index contributed by atoms with van der Waals surface area (Å²) in [5.74, 6) is 1.49. The van der Waals surface area contributed by atoms with Gasteiger partial charge in [0.1, 0.15) is 0 Å². The van der Waals surface area contributed by atoms with Crippen LogP contribution in [0.25, 0.3) is 11.1 Å². The van der Waals surface area contributed by atoms with Crippen LogP contribution in [-0.2, 0) is 11.2 Å². The topological polar surface area (TPSA) is 83.1 Å². The van der Waals surface area contributed by atoms with Gasteiger partial charge >= 0.3 is 0 Å². The molecule has 1 N–H and O–H groups in total. The predicted molar refractivity (Wildman–Crippen MR) is 117 cm³/mol. The maximum atomic E-state index is 12.7. The predicted octanol–water partition coefficient (Wildman–Crippen LogP) is 3.63. The van der Waals surface area contributed by atoms with Crippen LogP contribution in [0.1, 0.15) is 30.5 Å². The number of benzene rings is 1. The van der Waals surface area contributed by atoms with Crippen molar-refractivity contribution in [3.63, 3.8) is 0 Å². The quantitative estimate of drug-likeness (QED) is 0.707. The molecule has 0 saturated carbocycles. The number of methoxy groups -OCH3 is 4. The number of fused-ring (bicyclic) bond motifs is 3. The van der Waals surface area contributed by atoms with Crippen molar-refractivity contribution in [3.8, 4) is 34.1 Å². The summed E-state index contributed by atoms with van der Waals surface area (Å²) in [6.45, 7) is 1.46. The van der Waals surface area contributed by atoms with E-state index in [1.165, 1.54) is 20.1 Å². The van der Waals surface area contributed by atoms with Crippen molar-refractivity contribution in [2.75, 3.05) is 28.4 Å². The lowest BCUT2D eigenvalue weighted by Gasteiger charge is -2.21. The summed E-state index contributed by atoms with van der Waals surface area (Å²) < 4.78 is 22.9. The summed E-state index contributed by atoms with van der Waals surface area (Å²) in [6.07, 6.45) is 1.20. The Kier molecular flexibility index (Phi) is 6.55. The van der Waals surface area contributed by atoms with Crippen molar-refractivity contribution in [2.24, 2.45) is 0 Å². The fourth-order valence-corrected chi connectivity index (χ4v) is 4.67. The van der Waals surface area contributed by atoms with Crippen LogP contribution in [0, 0.1) is 0 Å². The molecule has 1 aliphatic rings. The monoisotopic (exact) mass is 477 g/mol. The molecule has 160 valence electrons. The van der Waals surface area contributed by atoms with Crippen molar-refractivity contribution >= 4 is 21.8 Å². The molecule has 8 heteroatoms. The van der Waals surface area contributed by atoms with Gasteiger partial charge in [0.15, 0.2) is 17.2 Å². The van der Waals surface area contributed by atoms with Gasteiger partial charge in [0.2, 0.25) is 17.1 Å². The molecule has 0 fully saturated rings. The highest BCUT2D eigenvalue weighted by Gasteiger charge is 2.32. The van der Waals surface area contributed by atoms with E-state index in [0.29, 0.717) is 35.7 Å². The maximum absolute atomic E-state index is 12.7. The zero-order chi connectivity index (χ0) is 22.0. The second kappa shape index (κ2) is 8.95. The van der Waals surface area contributed by atoms with Crippen LogP contribution >= 0.6 is 15.9 Å². The number of carbonyl (C=O) groups excluding carboxylic acids is 1. The first-order chi connectivity index (χ1) is 14.4. The van der Waals surface area contributed by atoms with E-state index in [1.54, 1.807) is 27.4 Å². The fourth-order valence-electron chi connectivity index (χ4n) is 3.93. The van der Waals surface area contributed by atoms with E-state index in [-0.39, 0.29) is 23.1 Å². The highest BCUT2D eigenvalue weighted by Crippen LogP contribution is 2.54. The summed E-state index contributed by atoms with van der Waals surface area (Å²) in [4.78, 5) is 24.6. The SMILES string of the molecule is COc1c(Br)c2c(c(OC)c1OC)-c1ccc(OC)c(=O)cc1[C@H](NC(C)=O)CC2. The van der Waals surface area contributed by atoms with Crippen molar-refractivity contribution in [3.05, 3.63) is 44.0 Å². The van der Waals surface area contributed by atoms with Gasteiger partial charge in [-0.1, -0.05) is 6.07 Å². The third-order valence-electron chi connectivity index (χ3n) is 5.18. The first kappa shape index (κ1) is 22.0. The lowest BCUT2D eigenvalue weighted by Crippen LogP contribution is -2.26. The highest BCUT2D eigenvalue weighted by molar-refractivity contribution is 9.10. The molecular formula is C22H24BrNO6.